The predicted octanol–water partition coefficient (Wildman–Crippen LogP) is 2.80. The Morgan fingerprint density at radius 1 is 1.11 bits per heavy atom. The van der Waals surface area contributed by atoms with Crippen LogP contribution < -0.4 is 5.32 Å². The molecule has 2 aromatic rings. The molecule has 2 aliphatic rings. The highest BCUT2D eigenvalue weighted by atomic mass is 16.6. The van der Waals surface area contributed by atoms with Gasteiger partial charge in [-0.25, -0.2) is 0 Å². The molecule has 6 heteroatoms. The van der Waals surface area contributed by atoms with E-state index in [-0.39, 0.29) is 22.1 Å². The zero-order chi connectivity index (χ0) is 18.9. The molecule has 2 aromatic carbocycles. The number of hydrogen-bond donors (Lipinski definition) is 1. The van der Waals surface area contributed by atoms with Crippen LogP contribution in [0.5, 0.6) is 0 Å². The van der Waals surface area contributed by atoms with Gasteiger partial charge in [0.05, 0.1) is 16.9 Å². The van der Waals surface area contributed by atoms with Crippen LogP contribution in [0.4, 0.5) is 5.69 Å². The molecule has 1 N–H and O–H groups in total. The van der Waals surface area contributed by atoms with Crippen molar-refractivity contribution in [3.05, 3.63) is 75.3 Å². The number of rotatable bonds is 4. The van der Waals surface area contributed by atoms with Crippen LogP contribution in [0.25, 0.3) is 0 Å². The van der Waals surface area contributed by atoms with E-state index in [4.69, 9.17) is 0 Å². The van der Waals surface area contributed by atoms with Gasteiger partial charge in [-0.2, -0.15) is 0 Å². The second-order valence-electron chi connectivity index (χ2n) is 7.48. The fourth-order valence-corrected chi connectivity index (χ4v) is 4.36. The zero-order valence-electron chi connectivity index (χ0n) is 15.2. The summed E-state index contributed by atoms with van der Waals surface area (Å²) in [5, 5.41) is 14.2. The lowest BCUT2D eigenvalue weighted by atomic mass is 9.75. The first-order chi connectivity index (χ1) is 13.1. The predicted molar refractivity (Wildman–Crippen MR) is 102 cm³/mol. The number of piperidine rings is 1. The number of amides is 1. The van der Waals surface area contributed by atoms with Crippen molar-refractivity contribution in [2.24, 2.45) is 0 Å². The van der Waals surface area contributed by atoms with Crippen molar-refractivity contribution in [1.29, 1.82) is 0 Å². The van der Waals surface area contributed by atoms with Gasteiger partial charge in [0.15, 0.2) is 0 Å². The Bertz CT molecular complexity index is 872. The van der Waals surface area contributed by atoms with Gasteiger partial charge in [0, 0.05) is 31.8 Å². The minimum absolute atomic E-state index is 0.110. The minimum atomic E-state index is -0.350. The third-order valence-electron chi connectivity index (χ3n) is 5.81. The van der Waals surface area contributed by atoms with E-state index in [2.05, 4.69) is 22.3 Å². The summed E-state index contributed by atoms with van der Waals surface area (Å²) in [5.74, 6) is 0.110. The SMILES string of the molecule is O=C1Cc2ccccc2C2(CCN(CCc3cccc([N+](=O)[O-])c3)CC2)N1. The molecule has 2 aliphatic heterocycles. The number of nitrogens with zero attached hydrogens (tertiary/aromatic N) is 2. The molecule has 0 aliphatic carbocycles. The summed E-state index contributed by atoms with van der Waals surface area (Å²) in [4.78, 5) is 25.1. The maximum atomic E-state index is 12.2. The molecule has 0 bridgehead atoms. The Morgan fingerprint density at radius 2 is 1.89 bits per heavy atom. The second-order valence-corrected chi connectivity index (χ2v) is 7.48. The van der Waals surface area contributed by atoms with Gasteiger partial charge >= 0.3 is 0 Å². The Labute approximate surface area is 158 Å². The van der Waals surface area contributed by atoms with Crippen LogP contribution in [0.2, 0.25) is 0 Å². The van der Waals surface area contributed by atoms with E-state index < -0.39 is 0 Å². The van der Waals surface area contributed by atoms with E-state index in [9.17, 15) is 14.9 Å². The van der Waals surface area contributed by atoms with Gasteiger partial charge in [-0.15, -0.1) is 0 Å². The Hall–Kier alpha value is -2.73. The molecule has 140 valence electrons. The highest BCUT2D eigenvalue weighted by molar-refractivity contribution is 5.82. The number of fused-ring (bicyclic) bond motifs is 2. The van der Waals surface area contributed by atoms with Crippen molar-refractivity contribution < 1.29 is 9.72 Å². The van der Waals surface area contributed by atoms with Crippen LogP contribution in [-0.2, 0) is 23.2 Å². The molecule has 1 spiro atoms. The third kappa shape index (κ3) is 3.57. The van der Waals surface area contributed by atoms with Crippen LogP contribution in [0.3, 0.4) is 0 Å². The number of nitro benzene ring substituents is 1. The van der Waals surface area contributed by atoms with Gasteiger partial charge in [0.1, 0.15) is 0 Å². The van der Waals surface area contributed by atoms with Crippen LogP contribution in [-0.4, -0.2) is 35.4 Å². The number of likely N-dealkylation sites (tertiary alicyclic amines) is 1. The average molecular weight is 365 g/mol. The van der Waals surface area contributed by atoms with Gasteiger partial charge in [-0.05, 0) is 36.0 Å². The lowest BCUT2D eigenvalue weighted by Gasteiger charge is -2.45. The van der Waals surface area contributed by atoms with Crippen molar-refractivity contribution >= 4 is 11.6 Å². The average Bonchev–Trinajstić information content (AvgIpc) is 2.68. The molecule has 0 saturated carbocycles. The smallest absolute Gasteiger partial charge is 0.269 e. The van der Waals surface area contributed by atoms with Crippen LogP contribution in [0, 0.1) is 10.1 Å². The number of carbonyl (C=O) groups is 1. The summed E-state index contributed by atoms with van der Waals surface area (Å²) in [7, 11) is 0. The highest BCUT2D eigenvalue weighted by Crippen LogP contribution is 2.37. The summed E-state index contributed by atoms with van der Waals surface area (Å²) < 4.78 is 0. The first-order valence-corrected chi connectivity index (χ1v) is 9.41. The third-order valence-corrected chi connectivity index (χ3v) is 5.81. The van der Waals surface area contributed by atoms with E-state index in [0.717, 1.165) is 50.0 Å². The molecular formula is C21H23N3O3. The molecule has 0 aromatic heterocycles. The largest absolute Gasteiger partial charge is 0.346 e. The summed E-state index contributed by atoms with van der Waals surface area (Å²) in [5.41, 5.74) is 3.30. The van der Waals surface area contributed by atoms with E-state index in [1.165, 1.54) is 11.6 Å². The van der Waals surface area contributed by atoms with E-state index >= 15 is 0 Å². The Morgan fingerprint density at radius 3 is 2.67 bits per heavy atom. The molecular weight excluding hydrogens is 342 g/mol. The maximum Gasteiger partial charge on any atom is 0.269 e. The zero-order valence-corrected chi connectivity index (χ0v) is 15.2. The molecule has 2 heterocycles. The quantitative estimate of drug-likeness (QED) is 0.668. The monoisotopic (exact) mass is 365 g/mol. The molecule has 1 saturated heterocycles. The van der Waals surface area contributed by atoms with Gasteiger partial charge in [0.2, 0.25) is 5.91 Å². The van der Waals surface area contributed by atoms with Crippen molar-refractivity contribution in [1.82, 2.24) is 10.2 Å². The summed E-state index contributed by atoms with van der Waals surface area (Å²) in [6.07, 6.45) is 3.04. The number of non-ortho nitro benzene ring substituents is 1. The Balaban J connectivity index is 1.40. The Kier molecular flexibility index (Phi) is 4.66. The lowest BCUT2D eigenvalue weighted by molar-refractivity contribution is -0.384. The van der Waals surface area contributed by atoms with Crippen LogP contribution in [0.15, 0.2) is 48.5 Å². The highest BCUT2D eigenvalue weighted by Gasteiger charge is 2.41. The summed E-state index contributed by atoms with van der Waals surface area (Å²) >= 11 is 0. The van der Waals surface area contributed by atoms with Crippen LogP contribution in [0.1, 0.15) is 29.5 Å². The van der Waals surface area contributed by atoms with Crippen molar-refractivity contribution in [2.45, 2.75) is 31.2 Å². The molecule has 27 heavy (non-hydrogen) atoms. The fourth-order valence-electron chi connectivity index (χ4n) is 4.36. The molecule has 1 amide bonds. The van der Waals surface area contributed by atoms with Gasteiger partial charge in [-0.1, -0.05) is 36.4 Å². The van der Waals surface area contributed by atoms with Crippen molar-refractivity contribution in [3.63, 3.8) is 0 Å². The van der Waals surface area contributed by atoms with Crippen molar-refractivity contribution in [2.75, 3.05) is 19.6 Å². The number of nitrogens with one attached hydrogen (secondary N) is 1. The number of carbonyl (C=O) groups excluding carboxylic acids is 1. The number of benzene rings is 2. The second kappa shape index (κ2) is 7.12. The first kappa shape index (κ1) is 17.7. The number of hydrogen-bond acceptors (Lipinski definition) is 4. The van der Waals surface area contributed by atoms with E-state index in [0.29, 0.717) is 6.42 Å². The summed E-state index contributed by atoms with van der Waals surface area (Å²) in [6.45, 7) is 2.68. The van der Waals surface area contributed by atoms with Gasteiger partial charge in [-0.3, -0.25) is 14.9 Å². The maximum absolute atomic E-state index is 12.2. The van der Waals surface area contributed by atoms with Crippen molar-refractivity contribution in [3.8, 4) is 0 Å². The van der Waals surface area contributed by atoms with Gasteiger partial charge < -0.3 is 10.2 Å². The topological polar surface area (TPSA) is 75.5 Å². The molecule has 0 atom stereocenters. The molecule has 1 fully saturated rings. The lowest BCUT2D eigenvalue weighted by Crippen LogP contribution is -2.56. The van der Waals surface area contributed by atoms with Gasteiger partial charge in [0.25, 0.3) is 5.69 Å². The molecule has 4 rings (SSSR count). The first-order valence-electron chi connectivity index (χ1n) is 9.41. The fraction of sp³-hybridized carbons (Fsp3) is 0.381. The van der Waals surface area contributed by atoms with Crippen LogP contribution >= 0.6 is 0 Å². The van der Waals surface area contributed by atoms with E-state index in [1.807, 2.05) is 18.2 Å². The standard InChI is InChI=1S/C21H23N3O3/c25-20-15-17-5-1-2-7-19(17)21(22-20)9-12-23(13-10-21)11-8-16-4-3-6-18(14-16)24(26)27/h1-7,14H,8-13,15H2,(H,22,25). The number of nitro groups is 1. The summed E-state index contributed by atoms with van der Waals surface area (Å²) in [6, 6.07) is 15.1. The minimum Gasteiger partial charge on any atom is -0.346 e. The normalized spacial score (nSPS) is 18.7. The molecule has 0 radical (unpaired) electrons. The van der Waals surface area contributed by atoms with E-state index in [1.54, 1.807) is 12.1 Å². The molecule has 0 unspecified atom stereocenters. The molecule has 6 nitrogen and oxygen atoms in total.